The molecule has 0 aromatic carbocycles. The summed E-state index contributed by atoms with van der Waals surface area (Å²) in [6, 6.07) is 0. The van der Waals surface area contributed by atoms with E-state index in [-0.39, 0.29) is 5.91 Å². The number of fused-ring (bicyclic) bond motifs is 2. The van der Waals surface area contributed by atoms with E-state index in [1.54, 1.807) is 7.05 Å². The summed E-state index contributed by atoms with van der Waals surface area (Å²) in [5, 5.41) is 6.06. The van der Waals surface area contributed by atoms with E-state index in [1.807, 2.05) is 0 Å². The van der Waals surface area contributed by atoms with Gasteiger partial charge in [-0.1, -0.05) is 6.42 Å². The molecule has 2 N–H and O–H groups in total. The zero-order valence-electron chi connectivity index (χ0n) is 9.59. The maximum atomic E-state index is 11.0. The van der Waals surface area contributed by atoms with E-state index in [2.05, 4.69) is 10.6 Å². The van der Waals surface area contributed by atoms with Crippen molar-refractivity contribution in [3.63, 3.8) is 0 Å². The van der Waals surface area contributed by atoms with Gasteiger partial charge >= 0.3 is 0 Å². The van der Waals surface area contributed by atoms with Crippen LogP contribution in [0, 0.1) is 17.8 Å². The molecule has 0 saturated heterocycles. The average molecular weight is 210 g/mol. The maximum absolute atomic E-state index is 11.0. The second kappa shape index (κ2) is 4.97. The van der Waals surface area contributed by atoms with Gasteiger partial charge in [-0.2, -0.15) is 0 Å². The van der Waals surface area contributed by atoms with Gasteiger partial charge in [0.2, 0.25) is 5.91 Å². The first-order valence-electron chi connectivity index (χ1n) is 6.21. The van der Waals surface area contributed by atoms with Crippen LogP contribution in [0.4, 0.5) is 0 Å². The standard InChI is InChI=1S/C12H22N2O/c1-13-12(15)4-5-14-8-11-7-9-2-3-10(11)6-9/h9-11,14H,2-8H2,1H3,(H,13,15). The molecule has 3 atom stereocenters. The second-order valence-electron chi connectivity index (χ2n) is 5.06. The van der Waals surface area contributed by atoms with E-state index in [0.29, 0.717) is 6.42 Å². The third-order valence-corrected chi connectivity index (χ3v) is 4.10. The lowest BCUT2D eigenvalue weighted by Crippen LogP contribution is -2.30. The maximum Gasteiger partial charge on any atom is 0.221 e. The molecule has 2 rings (SSSR count). The Bertz CT molecular complexity index is 230. The zero-order valence-corrected chi connectivity index (χ0v) is 9.59. The van der Waals surface area contributed by atoms with E-state index in [1.165, 1.54) is 25.7 Å². The van der Waals surface area contributed by atoms with E-state index in [4.69, 9.17) is 0 Å². The highest BCUT2D eigenvalue weighted by molar-refractivity contribution is 5.75. The molecule has 3 unspecified atom stereocenters. The van der Waals surface area contributed by atoms with Crippen molar-refractivity contribution in [2.75, 3.05) is 20.1 Å². The molecule has 2 aliphatic rings. The Morgan fingerprint density at radius 1 is 1.33 bits per heavy atom. The Labute approximate surface area is 92.0 Å². The molecule has 2 aliphatic carbocycles. The van der Waals surface area contributed by atoms with Gasteiger partial charge in [-0.05, 0) is 43.6 Å². The highest BCUT2D eigenvalue weighted by Gasteiger charge is 2.38. The normalized spacial score (nSPS) is 33.3. The van der Waals surface area contributed by atoms with Gasteiger partial charge in [0, 0.05) is 20.0 Å². The molecule has 3 heteroatoms. The van der Waals surface area contributed by atoms with Gasteiger partial charge in [0.15, 0.2) is 0 Å². The van der Waals surface area contributed by atoms with Gasteiger partial charge in [0.1, 0.15) is 0 Å². The molecule has 0 spiro atoms. The van der Waals surface area contributed by atoms with Crippen LogP contribution in [0.3, 0.4) is 0 Å². The van der Waals surface area contributed by atoms with Crippen LogP contribution in [-0.2, 0) is 4.79 Å². The Morgan fingerprint density at radius 3 is 2.80 bits per heavy atom. The predicted molar refractivity (Wildman–Crippen MR) is 60.5 cm³/mol. The third-order valence-electron chi connectivity index (χ3n) is 4.10. The van der Waals surface area contributed by atoms with Gasteiger partial charge in [-0.25, -0.2) is 0 Å². The molecule has 3 nitrogen and oxygen atoms in total. The minimum atomic E-state index is 0.135. The molecule has 86 valence electrons. The lowest BCUT2D eigenvalue weighted by atomic mass is 9.89. The monoisotopic (exact) mass is 210 g/mol. The molecule has 0 radical (unpaired) electrons. The van der Waals surface area contributed by atoms with Crippen LogP contribution in [0.15, 0.2) is 0 Å². The van der Waals surface area contributed by atoms with Gasteiger partial charge in [0.25, 0.3) is 0 Å². The molecule has 0 aromatic heterocycles. The molecule has 0 aliphatic heterocycles. The summed E-state index contributed by atoms with van der Waals surface area (Å²) in [5.74, 6) is 3.05. The molecule has 2 fully saturated rings. The summed E-state index contributed by atoms with van der Waals surface area (Å²) in [5.41, 5.74) is 0. The van der Waals surface area contributed by atoms with Crippen molar-refractivity contribution in [1.82, 2.24) is 10.6 Å². The van der Waals surface area contributed by atoms with Crippen LogP contribution < -0.4 is 10.6 Å². The van der Waals surface area contributed by atoms with Gasteiger partial charge in [-0.15, -0.1) is 0 Å². The van der Waals surface area contributed by atoms with Crippen molar-refractivity contribution in [3.05, 3.63) is 0 Å². The van der Waals surface area contributed by atoms with E-state index >= 15 is 0 Å². The Kier molecular flexibility index (Phi) is 3.62. The van der Waals surface area contributed by atoms with Crippen molar-refractivity contribution in [2.24, 2.45) is 17.8 Å². The fourth-order valence-electron chi connectivity index (χ4n) is 3.24. The average Bonchev–Trinajstić information content (AvgIpc) is 2.85. The Balaban J connectivity index is 1.57. The van der Waals surface area contributed by atoms with Crippen LogP contribution in [0.2, 0.25) is 0 Å². The summed E-state index contributed by atoms with van der Waals surface area (Å²) in [6.45, 7) is 1.95. The molecule has 1 amide bonds. The van der Waals surface area contributed by atoms with Crippen molar-refractivity contribution in [3.8, 4) is 0 Å². The van der Waals surface area contributed by atoms with E-state index in [0.717, 1.165) is 30.8 Å². The first-order chi connectivity index (χ1) is 7.29. The van der Waals surface area contributed by atoms with Crippen molar-refractivity contribution >= 4 is 5.91 Å². The van der Waals surface area contributed by atoms with E-state index in [9.17, 15) is 4.79 Å². The van der Waals surface area contributed by atoms with Crippen LogP contribution in [0.5, 0.6) is 0 Å². The summed E-state index contributed by atoms with van der Waals surface area (Å²) >= 11 is 0. The highest BCUT2D eigenvalue weighted by Crippen LogP contribution is 2.47. The molecule has 2 saturated carbocycles. The van der Waals surface area contributed by atoms with Gasteiger partial charge in [0.05, 0.1) is 0 Å². The first kappa shape index (κ1) is 10.9. The SMILES string of the molecule is CNC(=O)CCNCC1CC2CCC1C2. The summed E-state index contributed by atoms with van der Waals surface area (Å²) < 4.78 is 0. The number of carbonyl (C=O) groups excluding carboxylic acids is 1. The van der Waals surface area contributed by atoms with Crippen LogP contribution >= 0.6 is 0 Å². The van der Waals surface area contributed by atoms with Gasteiger partial charge in [-0.3, -0.25) is 4.79 Å². The molecular weight excluding hydrogens is 188 g/mol. The third kappa shape index (κ3) is 2.71. The number of carbonyl (C=O) groups is 1. The number of rotatable bonds is 5. The largest absolute Gasteiger partial charge is 0.359 e. The number of amides is 1. The molecule has 15 heavy (non-hydrogen) atoms. The van der Waals surface area contributed by atoms with Gasteiger partial charge < -0.3 is 10.6 Å². The number of nitrogens with one attached hydrogen (secondary N) is 2. The zero-order chi connectivity index (χ0) is 10.7. The van der Waals surface area contributed by atoms with Crippen molar-refractivity contribution in [2.45, 2.75) is 32.1 Å². The Hall–Kier alpha value is -0.570. The van der Waals surface area contributed by atoms with E-state index < -0.39 is 0 Å². The predicted octanol–water partition coefficient (Wildman–Crippen LogP) is 1.15. The van der Waals surface area contributed by atoms with Crippen LogP contribution in [-0.4, -0.2) is 26.0 Å². The minimum Gasteiger partial charge on any atom is -0.359 e. The molecular formula is C12H22N2O. The molecule has 0 heterocycles. The molecule has 0 aromatic rings. The van der Waals surface area contributed by atoms with Crippen molar-refractivity contribution in [1.29, 1.82) is 0 Å². The number of hydrogen-bond acceptors (Lipinski definition) is 2. The van der Waals surface area contributed by atoms with Crippen LogP contribution in [0.25, 0.3) is 0 Å². The lowest BCUT2D eigenvalue weighted by Gasteiger charge is -2.21. The highest BCUT2D eigenvalue weighted by atomic mass is 16.1. The summed E-state index contributed by atoms with van der Waals surface area (Å²) in [6.07, 6.45) is 6.43. The first-order valence-corrected chi connectivity index (χ1v) is 6.21. The molecule has 2 bridgehead atoms. The number of hydrogen-bond donors (Lipinski definition) is 2. The minimum absolute atomic E-state index is 0.135. The quantitative estimate of drug-likeness (QED) is 0.668. The van der Waals surface area contributed by atoms with Crippen LogP contribution in [0.1, 0.15) is 32.1 Å². The fraction of sp³-hybridized carbons (Fsp3) is 0.917. The topological polar surface area (TPSA) is 41.1 Å². The summed E-state index contributed by atoms with van der Waals surface area (Å²) in [4.78, 5) is 11.0. The fourth-order valence-corrected chi connectivity index (χ4v) is 3.24. The lowest BCUT2D eigenvalue weighted by molar-refractivity contribution is -0.120. The smallest absolute Gasteiger partial charge is 0.221 e. The Morgan fingerprint density at radius 2 is 2.20 bits per heavy atom. The second-order valence-corrected chi connectivity index (χ2v) is 5.06. The summed E-state index contributed by atoms with van der Waals surface area (Å²) in [7, 11) is 1.69. The van der Waals surface area contributed by atoms with Crippen molar-refractivity contribution < 1.29 is 4.79 Å².